The summed E-state index contributed by atoms with van der Waals surface area (Å²) in [5, 5.41) is 2.89. The molecule has 1 fully saturated rings. The number of halogens is 1. The molecule has 12 nitrogen and oxygen atoms in total. The van der Waals surface area contributed by atoms with Crippen LogP contribution in [0.3, 0.4) is 0 Å². The summed E-state index contributed by atoms with van der Waals surface area (Å²) < 4.78 is 35.7. The SMILES string of the molecule is CN(C)P(=O)(Cl)OCC1CN(C(c2ccccc2)(c2ccccc2)c2ccccc2)CC(n2cnc3c(OCc4cc[c]cc4)nc(NC(=O)Cc4ccccc4)nc32)O1. The zero-order valence-corrected chi connectivity index (χ0v) is 34.8. The van der Waals surface area contributed by atoms with E-state index in [0.29, 0.717) is 24.3 Å². The molecule has 7 aromatic rings. The third-order valence-electron chi connectivity index (χ3n) is 10.4. The highest BCUT2D eigenvalue weighted by molar-refractivity contribution is 7.83. The number of morpholine rings is 1. The van der Waals surface area contributed by atoms with E-state index in [1.54, 1.807) is 20.4 Å². The maximum atomic E-state index is 13.4. The highest BCUT2D eigenvalue weighted by Gasteiger charge is 2.47. The first kappa shape index (κ1) is 41.0. The fourth-order valence-electron chi connectivity index (χ4n) is 7.59. The maximum absolute atomic E-state index is 13.4. The lowest BCUT2D eigenvalue weighted by molar-refractivity contribution is -0.145. The highest BCUT2D eigenvalue weighted by atomic mass is 35.7. The summed E-state index contributed by atoms with van der Waals surface area (Å²) in [5.41, 5.74) is 4.78. The van der Waals surface area contributed by atoms with Crippen molar-refractivity contribution in [1.29, 1.82) is 0 Å². The second-order valence-electron chi connectivity index (χ2n) is 14.6. The molecule has 0 bridgehead atoms. The molecule has 1 amide bonds. The van der Waals surface area contributed by atoms with Gasteiger partial charge in [-0.15, -0.1) is 0 Å². The number of fused-ring (bicyclic) bond motifs is 1. The maximum Gasteiger partial charge on any atom is 0.362 e. The van der Waals surface area contributed by atoms with Crippen LogP contribution >= 0.6 is 18.1 Å². The molecule has 14 heteroatoms. The summed E-state index contributed by atoms with van der Waals surface area (Å²) in [6, 6.07) is 51.0. The lowest BCUT2D eigenvalue weighted by Gasteiger charge is -2.50. The van der Waals surface area contributed by atoms with Gasteiger partial charge in [0, 0.05) is 13.1 Å². The van der Waals surface area contributed by atoms with Crippen molar-refractivity contribution >= 4 is 41.1 Å². The highest BCUT2D eigenvalue weighted by Crippen LogP contribution is 2.54. The van der Waals surface area contributed by atoms with E-state index in [9.17, 15) is 9.36 Å². The standard InChI is InChI=1S/C46H44ClN7O5P/c1-52(2)60(47,56)58-32-39-29-53(46(36-22-12-5-13-23-36,37-24-14-6-15-25-37)38-26-16-7-17-27-38)30-41(59-39)54-33-48-42-43(54)50-45(49-40(55)28-34-18-8-3-9-19-34)51-44(42)57-31-35-20-10-4-11-21-35/h3,5-27,33,39,41H,28-32H2,1-2H3,(H,49,50,51,55). The summed E-state index contributed by atoms with van der Waals surface area (Å²) in [7, 11) is 3.22. The van der Waals surface area contributed by atoms with Crippen LogP contribution in [-0.4, -0.2) is 74.9 Å². The van der Waals surface area contributed by atoms with Crippen LogP contribution in [0.1, 0.15) is 34.0 Å². The van der Waals surface area contributed by atoms with Crippen molar-refractivity contribution in [3.05, 3.63) is 186 Å². The normalized spacial score (nSPS) is 17.0. The molecule has 0 saturated carbocycles. The number of nitrogens with one attached hydrogen (secondary N) is 1. The number of anilines is 1. The average Bonchev–Trinajstić information content (AvgIpc) is 3.71. The molecular formula is C46H44ClN7O5P. The van der Waals surface area contributed by atoms with Gasteiger partial charge < -0.3 is 14.0 Å². The average molecular weight is 841 g/mol. The second-order valence-corrected chi connectivity index (χ2v) is 17.8. The van der Waals surface area contributed by atoms with Gasteiger partial charge in [-0.05, 0) is 59.2 Å². The van der Waals surface area contributed by atoms with Gasteiger partial charge in [0.05, 0.1) is 31.0 Å². The van der Waals surface area contributed by atoms with E-state index in [2.05, 4.69) is 57.7 Å². The van der Waals surface area contributed by atoms with Gasteiger partial charge in [-0.3, -0.25) is 24.1 Å². The number of hydrogen-bond donors (Lipinski definition) is 1. The Balaban J connectivity index is 1.25. The topological polar surface area (TPSA) is 124 Å². The van der Waals surface area contributed by atoms with Gasteiger partial charge in [-0.25, -0.2) is 9.65 Å². The minimum Gasteiger partial charge on any atom is -0.471 e. The van der Waals surface area contributed by atoms with Crippen molar-refractivity contribution in [2.24, 2.45) is 0 Å². The zero-order chi connectivity index (χ0) is 41.5. The first-order chi connectivity index (χ1) is 29.2. The summed E-state index contributed by atoms with van der Waals surface area (Å²) in [4.78, 5) is 30.1. The molecule has 8 rings (SSSR count). The summed E-state index contributed by atoms with van der Waals surface area (Å²) >= 11 is 6.43. The molecule has 3 atom stereocenters. The quantitative estimate of drug-likeness (QED) is 0.0794. The van der Waals surface area contributed by atoms with Gasteiger partial charge in [0.25, 0.3) is 0 Å². The van der Waals surface area contributed by atoms with Crippen LogP contribution in [0, 0.1) is 6.07 Å². The van der Waals surface area contributed by atoms with Crippen LogP contribution in [0.2, 0.25) is 0 Å². The van der Waals surface area contributed by atoms with Crippen LogP contribution in [0.25, 0.3) is 11.2 Å². The van der Waals surface area contributed by atoms with Crippen LogP contribution in [0.5, 0.6) is 5.88 Å². The number of carbonyl (C=O) groups excluding carboxylic acids is 1. The number of hydrogen-bond acceptors (Lipinski definition) is 9. The Morgan fingerprint density at radius 1 is 0.850 bits per heavy atom. The van der Waals surface area contributed by atoms with Gasteiger partial charge in [0.1, 0.15) is 12.8 Å². The number of rotatable bonds is 15. The van der Waals surface area contributed by atoms with E-state index in [-0.39, 0.29) is 37.4 Å². The lowest BCUT2D eigenvalue weighted by Crippen LogP contribution is -2.57. The van der Waals surface area contributed by atoms with Crippen LogP contribution in [0.15, 0.2) is 152 Å². The molecule has 1 aliphatic rings. The molecule has 2 aromatic heterocycles. The Kier molecular flexibility index (Phi) is 12.5. The summed E-state index contributed by atoms with van der Waals surface area (Å²) in [6.45, 7) is -2.85. The lowest BCUT2D eigenvalue weighted by atomic mass is 9.75. The molecule has 1 N–H and O–H groups in total. The Bertz CT molecular complexity index is 2460. The third kappa shape index (κ3) is 8.90. The van der Waals surface area contributed by atoms with Crippen molar-refractivity contribution in [3.63, 3.8) is 0 Å². The molecule has 1 radical (unpaired) electrons. The molecule has 60 heavy (non-hydrogen) atoms. The number of benzene rings is 5. The van der Waals surface area contributed by atoms with Gasteiger partial charge in [0.15, 0.2) is 11.2 Å². The predicted molar refractivity (Wildman–Crippen MR) is 231 cm³/mol. The number of imidazole rings is 1. The molecule has 5 aromatic carbocycles. The van der Waals surface area contributed by atoms with Crippen molar-refractivity contribution in [1.82, 2.24) is 29.1 Å². The van der Waals surface area contributed by atoms with Crippen molar-refractivity contribution in [2.45, 2.75) is 30.9 Å². The van der Waals surface area contributed by atoms with E-state index >= 15 is 0 Å². The second kappa shape index (κ2) is 18.3. The van der Waals surface area contributed by atoms with E-state index in [0.717, 1.165) is 27.8 Å². The molecule has 3 unspecified atom stereocenters. The van der Waals surface area contributed by atoms with Crippen molar-refractivity contribution in [2.75, 3.05) is 39.1 Å². The number of aromatic nitrogens is 4. The molecule has 3 heterocycles. The number of amides is 1. The minimum absolute atomic E-state index is 0.0513. The molecule has 0 spiro atoms. The molecule has 1 saturated heterocycles. The Morgan fingerprint density at radius 2 is 1.43 bits per heavy atom. The Labute approximate surface area is 354 Å². The van der Waals surface area contributed by atoms with Crippen molar-refractivity contribution < 1.29 is 23.4 Å². The first-order valence-corrected chi connectivity index (χ1v) is 22.0. The van der Waals surface area contributed by atoms with E-state index in [4.69, 9.17) is 35.2 Å². The minimum atomic E-state index is -3.66. The van der Waals surface area contributed by atoms with E-state index < -0.39 is 24.7 Å². The molecule has 0 aliphatic carbocycles. The fraction of sp³-hybridized carbons (Fsp3) is 0.217. The van der Waals surface area contributed by atoms with Crippen LogP contribution < -0.4 is 10.1 Å². The third-order valence-corrected chi connectivity index (χ3v) is 13.0. The van der Waals surface area contributed by atoms with Crippen molar-refractivity contribution in [3.8, 4) is 5.88 Å². The molecule has 1 aliphatic heterocycles. The molecule has 305 valence electrons. The fourth-order valence-corrected chi connectivity index (χ4v) is 8.34. The number of carbonyl (C=O) groups is 1. The monoisotopic (exact) mass is 840 g/mol. The Hall–Kier alpha value is -5.72. The first-order valence-electron chi connectivity index (χ1n) is 19.6. The smallest absolute Gasteiger partial charge is 0.362 e. The summed E-state index contributed by atoms with van der Waals surface area (Å²) in [6.07, 6.45) is 0.397. The number of ether oxygens (including phenoxy) is 2. The van der Waals surface area contributed by atoms with E-state index in [1.807, 2.05) is 114 Å². The van der Waals surface area contributed by atoms with E-state index in [1.165, 1.54) is 4.67 Å². The molecular weight excluding hydrogens is 797 g/mol. The summed E-state index contributed by atoms with van der Waals surface area (Å²) in [5.74, 6) is -0.0518. The van der Waals surface area contributed by atoms with Gasteiger partial charge in [-0.2, -0.15) is 9.97 Å². The van der Waals surface area contributed by atoms with Gasteiger partial charge >= 0.3 is 6.87 Å². The zero-order valence-electron chi connectivity index (χ0n) is 33.2. The predicted octanol–water partition coefficient (Wildman–Crippen LogP) is 8.50. The van der Waals surface area contributed by atoms with Gasteiger partial charge in [-0.1, -0.05) is 146 Å². The number of nitrogens with zero attached hydrogens (tertiary/aromatic N) is 6. The largest absolute Gasteiger partial charge is 0.471 e. The van der Waals surface area contributed by atoms with Crippen LogP contribution in [0.4, 0.5) is 5.95 Å². The van der Waals surface area contributed by atoms with Gasteiger partial charge in [0.2, 0.25) is 17.7 Å². The van der Waals surface area contributed by atoms with Crippen LogP contribution in [-0.2, 0) is 37.2 Å². The Morgan fingerprint density at radius 3 is 2.02 bits per heavy atom.